The van der Waals surface area contributed by atoms with Crippen LogP contribution < -0.4 is 10.5 Å². The maximum absolute atomic E-state index is 7.59. The van der Waals surface area contributed by atoms with Gasteiger partial charge in [0.25, 0.3) is 0 Å². The van der Waals surface area contributed by atoms with Crippen LogP contribution in [0.2, 0.25) is 5.15 Å². The van der Waals surface area contributed by atoms with Crippen LogP contribution >= 0.6 is 11.6 Å². The molecule has 116 valence electrons. The molecule has 0 saturated heterocycles. The number of aromatic nitrogens is 2. The number of hydrogen-bond donors (Lipinski definition) is 1. The third kappa shape index (κ3) is 2.98. The first-order chi connectivity index (χ1) is 12.3. The maximum Gasteiger partial charge on any atom is 0.136 e. The molecule has 4 nitrogen and oxygen atoms in total. The van der Waals surface area contributed by atoms with Gasteiger partial charge < -0.3 is 10.5 Å². The number of hydrogen-bond acceptors (Lipinski definition) is 4. The van der Waals surface area contributed by atoms with E-state index in [0.717, 1.165) is 0 Å². The number of nitrogens with two attached hydrogens (primary N) is 1. The fourth-order valence-electron chi connectivity index (χ4n) is 2.43. The minimum atomic E-state index is -2.22. The van der Waals surface area contributed by atoms with E-state index in [1.54, 1.807) is 12.1 Å². The summed E-state index contributed by atoms with van der Waals surface area (Å²) in [4.78, 5) is 8.38. The predicted octanol–water partition coefficient (Wildman–Crippen LogP) is 4.36. The van der Waals surface area contributed by atoms with Crippen molar-refractivity contribution >= 4 is 17.4 Å². The molecule has 0 unspecified atom stereocenters. The van der Waals surface area contributed by atoms with Gasteiger partial charge in [-0.05, 0) is 42.7 Å². The van der Waals surface area contributed by atoms with Crippen LogP contribution in [0.4, 0.5) is 5.82 Å². The average Bonchev–Trinajstić information content (AvgIpc) is 2.60. The molecule has 23 heavy (non-hydrogen) atoms. The van der Waals surface area contributed by atoms with Crippen molar-refractivity contribution in [3.8, 4) is 28.1 Å². The van der Waals surface area contributed by atoms with E-state index in [-0.39, 0.29) is 11.4 Å². The maximum atomic E-state index is 7.59. The van der Waals surface area contributed by atoms with Gasteiger partial charge in [-0.15, -0.1) is 0 Å². The summed E-state index contributed by atoms with van der Waals surface area (Å²) in [6.45, 7) is -2.22. The second-order valence-electron chi connectivity index (χ2n) is 4.88. The van der Waals surface area contributed by atoms with Crippen LogP contribution in [0.25, 0.3) is 22.4 Å². The summed E-state index contributed by atoms with van der Waals surface area (Å²) in [5.74, 6) is 0.802. The lowest BCUT2D eigenvalue weighted by Crippen LogP contribution is -1.98. The van der Waals surface area contributed by atoms with Gasteiger partial charge in [0.15, 0.2) is 0 Å². The Morgan fingerprint density at radius 1 is 1.13 bits per heavy atom. The zero-order valence-corrected chi connectivity index (χ0v) is 13.1. The predicted molar refractivity (Wildman–Crippen MR) is 93.6 cm³/mol. The number of halogens is 1. The molecule has 1 aromatic carbocycles. The van der Waals surface area contributed by atoms with E-state index in [9.17, 15) is 0 Å². The summed E-state index contributed by atoms with van der Waals surface area (Å²) in [5.41, 5.74) is 8.75. The van der Waals surface area contributed by atoms with Crippen LogP contribution in [-0.4, -0.2) is 17.1 Å². The van der Waals surface area contributed by atoms with Crippen LogP contribution in [0.1, 0.15) is 9.68 Å². The number of methoxy groups -OCH3 is 1. The van der Waals surface area contributed by atoms with Crippen molar-refractivity contribution in [2.24, 2.45) is 0 Å². The molecule has 2 aromatic heterocycles. The second-order valence-corrected chi connectivity index (χ2v) is 5.27. The molecule has 2 N–H and O–H groups in total. The lowest BCUT2D eigenvalue weighted by molar-refractivity contribution is 0.418. The Morgan fingerprint density at radius 3 is 2.70 bits per heavy atom. The molecule has 5 heteroatoms. The number of nitrogens with zero attached hydrogens (tertiary/aromatic N) is 2. The summed E-state index contributed by atoms with van der Waals surface area (Å²) in [7, 11) is 1.54. The normalized spacial score (nSPS) is 13.0. The smallest absolute Gasteiger partial charge is 0.136 e. The third-order valence-corrected chi connectivity index (χ3v) is 3.65. The van der Waals surface area contributed by atoms with E-state index in [4.69, 9.17) is 26.2 Å². The van der Waals surface area contributed by atoms with E-state index in [2.05, 4.69) is 9.97 Å². The molecular formula is C18H16ClN3O. The molecule has 0 aliphatic heterocycles. The monoisotopic (exact) mass is 328 g/mol. The number of ether oxygens (including phenoxy) is 1. The minimum absolute atomic E-state index is 0.211. The number of rotatable bonds is 3. The van der Waals surface area contributed by atoms with Gasteiger partial charge in [-0.3, -0.25) is 4.98 Å². The highest BCUT2D eigenvalue weighted by Gasteiger charge is 2.15. The van der Waals surface area contributed by atoms with Crippen molar-refractivity contribution in [2.75, 3.05) is 12.8 Å². The van der Waals surface area contributed by atoms with E-state index >= 15 is 0 Å². The molecule has 2 heterocycles. The number of aryl methyl sites for hydroxylation is 1. The number of nitrogen functional groups attached to an aromatic ring is 1. The summed E-state index contributed by atoms with van der Waals surface area (Å²) < 4.78 is 28.4. The van der Waals surface area contributed by atoms with Crippen molar-refractivity contribution < 1.29 is 8.85 Å². The fourth-order valence-corrected chi connectivity index (χ4v) is 2.58. The van der Waals surface area contributed by atoms with Crippen LogP contribution in [0, 0.1) is 6.85 Å². The minimum Gasteiger partial charge on any atom is -0.495 e. The molecule has 3 rings (SSSR count). The average molecular weight is 329 g/mol. The standard InChI is InChI=1S/C18H16ClN3O/c1-11-8-9-21-15(10-11)14-5-3-4-12(17(14)23-2)13-6-7-16(19)22-18(13)20/h3-10H,1-2H3,(H2,20,22)/i1D3. The van der Waals surface area contributed by atoms with E-state index in [1.165, 1.54) is 25.4 Å². The number of pyridine rings is 2. The van der Waals surface area contributed by atoms with E-state index < -0.39 is 6.85 Å². The molecule has 0 fully saturated rings. The summed E-state index contributed by atoms with van der Waals surface area (Å²) in [5, 5.41) is 0.299. The Hall–Kier alpha value is -2.59. The highest BCUT2D eigenvalue weighted by Crippen LogP contribution is 2.40. The van der Waals surface area contributed by atoms with Crippen molar-refractivity contribution in [3.63, 3.8) is 0 Å². The van der Waals surface area contributed by atoms with Gasteiger partial charge in [0, 0.05) is 27.0 Å². The number of benzene rings is 1. The Labute approximate surface area is 144 Å². The summed E-state index contributed by atoms with van der Waals surface area (Å²) >= 11 is 5.88. The van der Waals surface area contributed by atoms with Gasteiger partial charge in [-0.2, -0.15) is 0 Å². The highest BCUT2D eigenvalue weighted by atomic mass is 35.5. The molecule has 0 atom stereocenters. The van der Waals surface area contributed by atoms with Gasteiger partial charge in [0.2, 0.25) is 0 Å². The summed E-state index contributed by atoms with van der Waals surface area (Å²) in [6, 6.07) is 11.9. The van der Waals surface area contributed by atoms with Gasteiger partial charge in [-0.1, -0.05) is 23.7 Å². The molecule has 3 aromatic rings. The van der Waals surface area contributed by atoms with E-state index in [0.29, 0.717) is 33.3 Å². The first kappa shape index (κ1) is 11.9. The topological polar surface area (TPSA) is 61.0 Å². The first-order valence-electron chi connectivity index (χ1n) is 8.37. The summed E-state index contributed by atoms with van der Waals surface area (Å²) in [6.07, 6.45) is 1.47. The van der Waals surface area contributed by atoms with Crippen molar-refractivity contribution in [1.82, 2.24) is 9.97 Å². The van der Waals surface area contributed by atoms with E-state index in [1.807, 2.05) is 18.2 Å². The fraction of sp³-hybridized carbons (Fsp3) is 0.111. The molecule has 0 radical (unpaired) electrons. The Kier molecular flexibility index (Phi) is 3.24. The largest absolute Gasteiger partial charge is 0.495 e. The van der Waals surface area contributed by atoms with Crippen LogP contribution in [0.3, 0.4) is 0 Å². The highest BCUT2D eigenvalue weighted by molar-refractivity contribution is 6.29. The quantitative estimate of drug-likeness (QED) is 0.725. The Bertz CT molecular complexity index is 961. The van der Waals surface area contributed by atoms with Crippen molar-refractivity contribution in [3.05, 3.63) is 59.4 Å². The molecular weight excluding hydrogens is 310 g/mol. The lowest BCUT2D eigenvalue weighted by atomic mass is 9.99. The van der Waals surface area contributed by atoms with Gasteiger partial charge in [0.05, 0.1) is 12.8 Å². The molecule has 0 amide bonds. The third-order valence-electron chi connectivity index (χ3n) is 3.44. The van der Waals surface area contributed by atoms with Crippen LogP contribution in [-0.2, 0) is 0 Å². The zero-order chi connectivity index (χ0) is 18.9. The van der Waals surface area contributed by atoms with Gasteiger partial charge >= 0.3 is 0 Å². The second kappa shape index (κ2) is 6.26. The molecule has 0 bridgehead atoms. The molecule has 0 aliphatic rings. The molecule has 0 saturated carbocycles. The van der Waals surface area contributed by atoms with Crippen LogP contribution in [0.15, 0.2) is 48.7 Å². The van der Waals surface area contributed by atoms with Crippen LogP contribution in [0.5, 0.6) is 5.75 Å². The Balaban J connectivity index is 2.19. The first-order valence-corrected chi connectivity index (χ1v) is 7.25. The number of anilines is 1. The Morgan fingerprint density at radius 2 is 1.96 bits per heavy atom. The van der Waals surface area contributed by atoms with Gasteiger partial charge in [0.1, 0.15) is 16.7 Å². The molecule has 0 aliphatic carbocycles. The zero-order valence-electron chi connectivity index (χ0n) is 15.4. The van der Waals surface area contributed by atoms with Crippen molar-refractivity contribution in [2.45, 2.75) is 6.85 Å². The molecule has 0 spiro atoms. The van der Waals surface area contributed by atoms with Crippen molar-refractivity contribution in [1.29, 1.82) is 0 Å². The SMILES string of the molecule is [2H]C([2H])([2H])c1ccnc(-c2cccc(-c3ccc(Cl)nc3N)c2OC)c1. The van der Waals surface area contributed by atoms with Gasteiger partial charge in [-0.25, -0.2) is 4.98 Å². The lowest BCUT2D eigenvalue weighted by Gasteiger charge is -2.15. The number of para-hydroxylation sites is 1.